The molecule has 0 saturated heterocycles. The average molecular weight is 261 g/mol. The van der Waals surface area contributed by atoms with Crippen LogP contribution in [0.2, 0.25) is 0 Å². The summed E-state index contributed by atoms with van der Waals surface area (Å²) in [7, 11) is 0. The number of nitrogens with zero attached hydrogens (tertiary/aromatic N) is 1. The van der Waals surface area contributed by atoms with Crippen molar-refractivity contribution < 1.29 is 14.6 Å². The third-order valence-corrected chi connectivity index (χ3v) is 2.69. The van der Waals surface area contributed by atoms with Crippen LogP contribution in [0, 0.1) is 0 Å². The fourth-order valence-corrected chi connectivity index (χ4v) is 1.83. The first-order chi connectivity index (χ1) is 9.20. The van der Waals surface area contributed by atoms with E-state index in [1.54, 1.807) is 6.07 Å². The molecule has 0 spiro atoms. The monoisotopic (exact) mass is 261 g/mol. The molecule has 1 aromatic heterocycles. The highest BCUT2D eigenvalue weighted by atomic mass is 16.5. The normalized spacial score (nSPS) is 11.2. The highest BCUT2D eigenvalue weighted by molar-refractivity contribution is 5.85. The maximum Gasteiger partial charge on any atom is 0.130 e. The summed E-state index contributed by atoms with van der Waals surface area (Å²) in [6.45, 7) is 4.92. The Hall–Kier alpha value is -1.65. The summed E-state index contributed by atoms with van der Waals surface area (Å²) in [5, 5.41) is 10.2. The van der Waals surface area contributed by atoms with Crippen molar-refractivity contribution >= 4 is 10.9 Å². The largest absolute Gasteiger partial charge is 0.490 e. The maximum absolute atomic E-state index is 9.22. The number of ether oxygens (including phenoxy) is 2. The zero-order chi connectivity index (χ0) is 13.7. The van der Waals surface area contributed by atoms with Crippen LogP contribution in [0.4, 0.5) is 0 Å². The molecule has 0 atom stereocenters. The quantitative estimate of drug-likeness (QED) is 0.812. The standard InChI is InChI=1S/C15H19NO3/c1-11(2)18-7-8-19-15-9-12(10-17)16-14-6-4-3-5-13(14)15/h3-6,9,11,17H,7-8,10H2,1-2H3. The van der Waals surface area contributed by atoms with Crippen molar-refractivity contribution in [1.82, 2.24) is 4.98 Å². The number of rotatable bonds is 6. The number of hydrogen-bond donors (Lipinski definition) is 1. The molecule has 0 fully saturated rings. The van der Waals surface area contributed by atoms with Crippen molar-refractivity contribution in [2.45, 2.75) is 26.6 Å². The molecule has 0 unspecified atom stereocenters. The lowest BCUT2D eigenvalue weighted by Crippen LogP contribution is -2.11. The van der Waals surface area contributed by atoms with Crippen molar-refractivity contribution in [3.63, 3.8) is 0 Å². The van der Waals surface area contributed by atoms with Gasteiger partial charge >= 0.3 is 0 Å². The number of benzene rings is 1. The first-order valence-corrected chi connectivity index (χ1v) is 6.44. The molecule has 2 rings (SSSR count). The van der Waals surface area contributed by atoms with E-state index in [0.29, 0.717) is 18.9 Å². The van der Waals surface area contributed by atoms with Gasteiger partial charge in [0, 0.05) is 11.5 Å². The Bertz CT molecular complexity index is 540. The van der Waals surface area contributed by atoms with Crippen LogP contribution in [-0.2, 0) is 11.3 Å². The van der Waals surface area contributed by atoms with Crippen LogP contribution >= 0.6 is 0 Å². The number of hydrogen-bond acceptors (Lipinski definition) is 4. The predicted octanol–water partition coefficient (Wildman–Crippen LogP) is 2.53. The first-order valence-electron chi connectivity index (χ1n) is 6.44. The second kappa shape index (κ2) is 6.50. The fourth-order valence-electron chi connectivity index (χ4n) is 1.83. The minimum Gasteiger partial charge on any atom is -0.490 e. The maximum atomic E-state index is 9.22. The lowest BCUT2D eigenvalue weighted by atomic mass is 10.2. The minimum absolute atomic E-state index is 0.0936. The van der Waals surface area contributed by atoms with E-state index >= 15 is 0 Å². The Morgan fingerprint density at radius 1 is 1.21 bits per heavy atom. The van der Waals surface area contributed by atoms with E-state index in [1.807, 2.05) is 38.1 Å². The molecule has 0 aliphatic heterocycles. The first kappa shape index (κ1) is 13.8. The van der Waals surface area contributed by atoms with Crippen LogP contribution < -0.4 is 4.74 Å². The summed E-state index contributed by atoms with van der Waals surface area (Å²) in [4.78, 5) is 4.35. The van der Waals surface area contributed by atoms with Crippen molar-refractivity contribution in [3.8, 4) is 5.75 Å². The number of aliphatic hydroxyl groups excluding tert-OH is 1. The van der Waals surface area contributed by atoms with Crippen molar-refractivity contribution in [2.24, 2.45) is 0 Å². The Morgan fingerprint density at radius 3 is 2.74 bits per heavy atom. The second-order valence-corrected chi connectivity index (χ2v) is 4.55. The van der Waals surface area contributed by atoms with Crippen molar-refractivity contribution in [1.29, 1.82) is 0 Å². The Kier molecular flexibility index (Phi) is 4.71. The second-order valence-electron chi connectivity index (χ2n) is 4.55. The van der Waals surface area contributed by atoms with Gasteiger partial charge in [0.25, 0.3) is 0 Å². The van der Waals surface area contributed by atoms with E-state index in [-0.39, 0.29) is 12.7 Å². The van der Waals surface area contributed by atoms with Crippen LogP contribution in [0.1, 0.15) is 19.5 Å². The van der Waals surface area contributed by atoms with E-state index in [0.717, 1.165) is 16.7 Å². The molecule has 1 heterocycles. The van der Waals surface area contributed by atoms with Gasteiger partial charge in [-0.15, -0.1) is 0 Å². The Balaban J connectivity index is 2.16. The molecule has 0 amide bonds. The van der Waals surface area contributed by atoms with Gasteiger partial charge < -0.3 is 14.6 Å². The van der Waals surface area contributed by atoms with Crippen LogP contribution in [-0.4, -0.2) is 29.4 Å². The summed E-state index contributed by atoms with van der Waals surface area (Å²) >= 11 is 0. The molecular formula is C15H19NO3. The van der Waals surface area contributed by atoms with Gasteiger partial charge in [0.2, 0.25) is 0 Å². The van der Waals surface area contributed by atoms with Gasteiger partial charge in [-0.1, -0.05) is 12.1 Å². The highest BCUT2D eigenvalue weighted by Crippen LogP contribution is 2.25. The van der Waals surface area contributed by atoms with E-state index in [2.05, 4.69) is 4.98 Å². The van der Waals surface area contributed by atoms with E-state index in [4.69, 9.17) is 9.47 Å². The number of pyridine rings is 1. The molecule has 4 nitrogen and oxygen atoms in total. The van der Waals surface area contributed by atoms with Crippen LogP contribution in [0.25, 0.3) is 10.9 Å². The molecule has 0 aliphatic carbocycles. The van der Waals surface area contributed by atoms with Crippen LogP contribution in [0.15, 0.2) is 30.3 Å². The average Bonchev–Trinajstić information content (AvgIpc) is 2.42. The third kappa shape index (κ3) is 3.66. The SMILES string of the molecule is CC(C)OCCOc1cc(CO)nc2ccccc12. The van der Waals surface area contributed by atoms with Crippen molar-refractivity contribution in [2.75, 3.05) is 13.2 Å². The minimum atomic E-state index is -0.0936. The smallest absolute Gasteiger partial charge is 0.130 e. The van der Waals surface area contributed by atoms with Gasteiger partial charge in [0.15, 0.2) is 0 Å². The number of aliphatic hydroxyl groups is 1. The molecule has 0 aliphatic rings. The molecule has 0 radical (unpaired) electrons. The van der Waals surface area contributed by atoms with Gasteiger partial charge in [-0.2, -0.15) is 0 Å². The zero-order valence-corrected chi connectivity index (χ0v) is 11.3. The summed E-state index contributed by atoms with van der Waals surface area (Å²) in [6.07, 6.45) is 0.200. The topological polar surface area (TPSA) is 51.6 Å². The lowest BCUT2D eigenvalue weighted by Gasteiger charge is -2.12. The molecule has 19 heavy (non-hydrogen) atoms. The molecule has 1 aromatic carbocycles. The van der Waals surface area contributed by atoms with Crippen LogP contribution in [0.5, 0.6) is 5.75 Å². The van der Waals surface area contributed by atoms with E-state index < -0.39 is 0 Å². The van der Waals surface area contributed by atoms with Gasteiger partial charge in [-0.3, -0.25) is 4.98 Å². The zero-order valence-electron chi connectivity index (χ0n) is 11.3. The van der Waals surface area contributed by atoms with Gasteiger partial charge in [-0.25, -0.2) is 0 Å². The van der Waals surface area contributed by atoms with Gasteiger partial charge in [-0.05, 0) is 26.0 Å². The number of fused-ring (bicyclic) bond motifs is 1. The van der Waals surface area contributed by atoms with Gasteiger partial charge in [0.1, 0.15) is 12.4 Å². The predicted molar refractivity (Wildman–Crippen MR) is 74.2 cm³/mol. The fraction of sp³-hybridized carbons (Fsp3) is 0.400. The van der Waals surface area contributed by atoms with E-state index in [1.165, 1.54) is 0 Å². The molecule has 1 N–H and O–H groups in total. The lowest BCUT2D eigenvalue weighted by molar-refractivity contribution is 0.0555. The Labute approximate surface area is 113 Å². The van der Waals surface area contributed by atoms with E-state index in [9.17, 15) is 5.11 Å². The Morgan fingerprint density at radius 2 is 2.00 bits per heavy atom. The number of para-hydroxylation sites is 1. The molecule has 4 heteroatoms. The molecule has 0 saturated carbocycles. The molecular weight excluding hydrogens is 242 g/mol. The number of aromatic nitrogens is 1. The summed E-state index contributed by atoms with van der Waals surface area (Å²) in [6, 6.07) is 9.51. The molecule has 0 bridgehead atoms. The summed E-state index contributed by atoms with van der Waals surface area (Å²) in [5.41, 5.74) is 1.44. The highest BCUT2D eigenvalue weighted by Gasteiger charge is 2.06. The molecule has 2 aromatic rings. The van der Waals surface area contributed by atoms with Gasteiger partial charge in [0.05, 0.1) is 30.5 Å². The van der Waals surface area contributed by atoms with Crippen LogP contribution in [0.3, 0.4) is 0 Å². The summed E-state index contributed by atoms with van der Waals surface area (Å²) < 4.78 is 11.2. The molecule has 102 valence electrons. The third-order valence-electron chi connectivity index (χ3n) is 2.69. The summed E-state index contributed by atoms with van der Waals surface area (Å²) in [5.74, 6) is 0.738. The van der Waals surface area contributed by atoms with Crippen molar-refractivity contribution in [3.05, 3.63) is 36.0 Å².